The second kappa shape index (κ2) is 4.12. The van der Waals surface area contributed by atoms with Crippen molar-refractivity contribution in [1.82, 2.24) is 10.2 Å². The molecular formula is C12H14N4O2S. The van der Waals surface area contributed by atoms with E-state index in [-0.39, 0.29) is 23.2 Å². The van der Waals surface area contributed by atoms with Crippen molar-refractivity contribution in [3.8, 4) is 0 Å². The van der Waals surface area contributed by atoms with E-state index in [0.29, 0.717) is 11.4 Å². The summed E-state index contributed by atoms with van der Waals surface area (Å²) in [6, 6.07) is 0. The number of amides is 2. The van der Waals surface area contributed by atoms with Crippen LogP contribution in [-0.4, -0.2) is 27.0 Å². The van der Waals surface area contributed by atoms with Gasteiger partial charge in [0, 0.05) is 6.42 Å². The third-order valence-electron chi connectivity index (χ3n) is 4.06. The topological polar surface area (TPSA) is 92.1 Å². The lowest BCUT2D eigenvalue weighted by Crippen LogP contribution is -2.35. The summed E-state index contributed by atoms with van der Waals surface area (Å²) in [5.41, 5.74) is 5.52. The monoisotopic (exact) mass is 278 g/mol. The van der Waals surface area contributed by atoms with Crippen molar-refractivity contribution in [2.45, 2.75) is 32.1 Å². The molecule has 1 saturated carbocycles. The first-order valence-corrected chi connectivity index (χ1v) is 6.66. The van der Waals surface area contributed by atoms with Crippen LogP contribution in [0.15, 0.2) is 6.20 Å². The van der Waals surface area contributed by atoms with Crippen LogP contribution >= 0.6 is 12.2 Å². The fraction of sp³-hybridized carbons (Fsp3) is 0.500. The Balaban J connectivity index is 2.01. The number of hydrogen-bond acceptors (Lipinski definition) is 4. The fourth-order valence-corrected chi connectivity index (χ4v) is 3.24. The van der Waals surface area contributed by atoms with Gasteiger partial charge in [-0.25, -0.2) is 4.90 Å². The molecule has 7 heteroatoms. The van der Waals surface area contributed by atoms with Gasteiger partial charge in [0.2, 0.25) is 11.8 Å². The number of nitrogens with zero attached hydrogens (tertiary/aromatic N) is 2. The average molecular weight is 278 g/mol. The molecule has 19 heavy (non-hydrogen) atoms. The molecule has 100 valence electrons. The molecular weight excluding hydrogens is 264 g/mol. The number of hydrogen-bond donors (Lipinski definition) is 2. The summed E-state index contributed by atoms with van der Waals surface area (Å²) in [6.45, 7) is 0. The van der Waals surface area contributed by atoms with Gasteiger partial charge >= 0.3 is 0 Å². The maximum atomic E-state index is 12.6. The van der Waals surface area contributed by atoms with Crippen LogP contribution in [0.25, 0.3) is 0 Å². The van der Waals surface area contributed by atoms with Crippen LogP contribution in [-0.2, 0) is 9.59 Å². The van der Waals surface area contributed by atoms with Crippen molar-refractivity contribution < 1.29 is 9.59 Å². The van der Waals surface area contributed by atoms with Crippen molar-refractivity contribution in [1.29, 1.82) is 0 Å². The lowest BCUT2D eigenvalue weighted by molar-refractivity contribution is -0.125. The second-order valence-corrected chi connectivity index (χ2v) is 5.63. The summed E-state index contributed by atoms with van der Waals surface area (Å²) in [5.74, 6) is -0.0309. The molecule has 3 N–H and O–H groups in total. The fourth-order valence-electron chi connectivity index (χ4n) is 3.09. The largest absolute Gasteiger partial charge is 0.389 e. The summed E-state index contributed by atoms with van der Waals surface area (Å²) in [7, 11) is 0. The van der Waals surface area contributed by atoms with E-state index in [1.165, 1.54) is 11.1 Å². The van der Waals surface area contributed by atoms with Crippen LogP contribution in [0, 0.1) is 5.41 Å². The summed E-state index contributed by atoms with van der Waals surface area (Å²) in [5, 5.41) is 6.50. The Bertz CT molecular complexity index is 574. The average Bonchev–Trinajstić information content (AvgIpc) is 3.02. The van der Waals surface area contributed by atoms with Gasteiger partial charge in [0.05, 0.1) is 17.2 Å². The Kier molecular flexibility index (Phi) is 2.67. The van der Waals surface area contributed by atoms with Gasteiger partial charge in [-0.15, -0.1) is 0 Å². The smallest absolute Gasteiger partial charge is 0.241 e. The minimum atomic E-state index is -0.504. The lowest BCUT2D eigenvalue weighted by atomic mass is 9.84. The summed E-state index contributed by atoms with van der Waals surface area (Å²) in [4.78, 5) is 26.1. The molecule has 0 unspecified atom stereocenters. The van der Waals surface area contributed by atoms with Crippen molar-refractivity contribution in [2.24, 2.45) is 11.1 Å². The maximum absolute atomic E-state index is 12.6. The highest BCUT2D eigenvalue weighted by molar-refractivity contribution is 7.80. The number of aromatic nitrogens is 2. The maximum Gasteiger partial charge on any atom is 0.241 e. The second-order valence-electron chi connectivity index (χ2n) is 5.20. The van der Waals surface area contributed by atoms with Gasteiger partial charge in [-0.1, -0.05) is 25.1 Å². The number of H-pyrrole nitrogens is 1. The lowest BCUT2D eigenvalue weighted by Gasteiger charge is -2.20. The summed E-state index contributed by atoms with van der Waals surface area (Å²) >= 11 is 4.91. The molecule has 2 heterocycles. The van der Waals surface area contributed by atoms with Crippen molar-refractivity contribution in [2.75, 3.05) is 4.90 Å². The van der Waals surface area contributed by atoms with Gasteiger partial charge in [-0.3, -0.25) is 14.7 Å². The number of imide groups is 1. The molecule has 2 fully saturated rings. The van der Waals surface area contributed by atoms with E-state index in [9.17, 15) is 9.59 Å². The first-order chi connectivity index (χ1) is 9.05. The molecule has 2 amide bonds. The van der Waals surface area contributed by atoms with E-state index in [1.807, 2.05) is 0 Å². The van der Waals surface area contributed by atoms with Crippen LogP contribution in [0.3, 0.4) is 0 Å². The van der Waals surface area contributed by atoms with Gasteiger partial charge in [0.15, 0.2) is 0 Å². The molecule has 0 radical (unpaired) electrons. The molecule has 1 aromatic rings. The molecule has 2 aliphatic rings. The van der Waals surface area contributed by atoms with Gasteiger partial charge in [-0.2, -0.15) is 5.10 Å². The normalized spacial score (nSPS) is 21.6. The Morgan fingerprint density at radius 1 is 1.42 bits per heavy atom. The molecule has 1 aromatic heterocycles. The van der Waals surface area contributed by atoms with Gasteiger partial charge in [0.25, 0.3) is 0 Å². The molecule has 6 nitrogen and oxygen atoms in total. The zero-order valence-corrected chi connectivity index (χ0v) is 11.1. The molecule has 1 aliphatic heterocycles. The molecule has 0 aromatic carbocycles. The first-order valence-electron chi connectivity index (χ1n) is 6.26. The summed E-state index contributed by atoms with van der Waals surface area (Å²) < 4.78 is 0. The minimum Gasteiger partial charge on any atom is -0.389 e. The van der Waals surface area contributed by atoms with Crippen molar-refractivity contribution in [3.63, 3.8) is 0 Å². The quantitative estimate of drug-likeness (QED) is 0.618. The van der Waals surface area contributed by atoms with E-state index in [2.05, 4.69) is 10.2 Å². The number of nitrogens with two attached hydrogens (primary N) is 1. The molecule has 1 aliphatic carbocycles. The zero-order valence-electron chi connectivity index (χ0n) is 10.3. The third kappa shape index (κ3) is 1.68. The minimum absolute atomic E-state index is 0.122. The number of thiocarbonyl (C=S) groups is 1. The highest BCUT2D eigenvalue weighted by Crippen LogP contribution is 2.47. The highest BCUT2D eigenvalue weighted by Gasteiger charge is 2.53. The van der Waals surface area contributed by atoms with Crippen LogP contribution in [0.1, 0.15) is 37.7 Å². The van der Waals surface area contributed by atoms with E-state index < -0.39 is 5.41 Å². The molecule has 0 bridgehead atoms. The predicted molar refractivity (Wildman–Crippen MR) is 72.5 cm³/mol. The Hall–Kier alpha value is -1.76. The number of carbonyl (C=O) groups is 2. The molecule has 3 rings (SSSR count). The Morgan fingerprint density at radius 2 is 2.11 bits per heavy atom. The van der Waals surface area contributed by atoms with Crippen LogP contribution in [0.2, 0.25) is 0 Å². The van der Waals surface area contributed by atoms with Crippen molar-refractivity contribution >= 4 is 34.8 Å². The highest BCUT2D eigenvalue weighted by atomic mass is 32.1. The Labute approximate surface area is 115 Å². The number of carbonyl (C=O) groups excluding carboxylic acids is 2. The van der Waals surface area contributed by atoms with Crippen LogP contribution < -0.4 is 10.6 Å². The van der Waals surface area contributed by atoms with E-state index in [0.717, 1.165) is 25.7 Å². The number of aromatic amines is 1. The van der Waals surface area contributed by atoms with Crippen molar-refractivity contribution in [3.05, 3.63) is 11.8 Å². The first kappa shape index (κ1) is 12.3. The zero-order chi connectivity index (χ0) is 13.6. The van der Waals surface area contributed by atoms with E-state index >= 15 is 0 Å². The number of anilines is 1. The van der Waals surface area contributed by atoms with Crippen LogP contribution in [0.5, 0.6) is 0 Å². The number of nitrogens with one attached hydrogen (secondary N) is 1. The predicted octanol–water partition coefficient (Wildman–Crippen LogP) is 0.868. The third-order valence-corrected chi connectivity index (χ3v) is 4.28. The van der Waals surface area contributed by atoms with E-state index in [1.54, 1.807) is 0 Å². The Morgan fingerprint density at radius 3 is 2.74 bits per heavy atom. The molecule has 0 atom stereocenters. The van der Waals surface area contributed by atoms with E-state index in [4.69, 9.17) is 18.0 Å². The van der Waals surface area contributed by atoms with Gasteiger partial charge < -0.3 is 5.73 Å². The van der Waals surface area contributed by atoms with Gasteiger partial charge in [-0.05, 0) is 12.8 Å². The standard InChI is InChI=1S/C12H14N4O2S/c13-9(19)7-6-14-15-10(7)16-8(17)5-12(11(16)18)3-1-2-4-12/h6H,1-5H2,(H2,13,19)(H,14,15). The van der Waals surface area contributed by atoms with Gasteiger partial charge in [0.1, 0.15) is 10.8 Å². The molecule has 1 saturated heterocycles. The van der Waals surface area contributed by atoms with Crippen LogP contribution in [0.4, 0.5) is 5.82 Å². The molecule has 1 spiro atoms. The number of rotatable bonds is 2. The SMILES string of the molecule is NC(=S)c1cn[nH]c1N1C(=O)CC2(CCCC2)C1=O. The summed E-state index contributed by atoms with van der Waals surface area (Å²) in [6.07, 6.45) is 5.28.